The lowest BCUT2D eigenvalue weighted by Gasteiger charge is -2.32. The van der Waals surface area contributed by atoms with E-state index < -0.39 is 10.0 Å². The Labute approximate surface area is 174 Å². The molecule has 9 heteroatoms. The van der Waals surface area contributed by atoms with Crippen molar-refractivity contribution in [1.82, 2.24) is 19.8 Å². The fourth-order valence-corrected chi connectivity index (χ4v) is 4.70. The Kier molecular flexibility index (Phi) is 8.18. The molecule has 2 rings (SSSR count). The lowest BCUT2D eigenvalue weighted by Crippen LogP contribution is -2.47. The standard InChI is InChI=1S/C19H33N5O2S2/c1-19(2,27-5)15-22-18(20-3)21-14-16-8-6-7-9-17(16)28(25,26)24-12-10-23(4)11-13-24/h6-9H,10-15H2,1-5H3,(H2,20,21,22). The fraction of sp³-hybridized carbons (Fsp3) is 0.632. The zero-order valence-electron chi connectivity index (χ0n) is 17.5. The number of aliphatic imine (C=N–C) groups is 1. The van der Waals surface area contributed by atoms with E-state index in [0.717, 1.165) is 25.2 Å². The van der Waals surface area contributed by atoms with Gasteiger partial charge in [0.25, 0.3) is 0 Å². The Morgan fingerprint density at radius 1 is 1.18 bits per heavy atom. The van der Waals surface area contributed by atoms with Crippen LogP contribution in [0.2, 0.25) is 0 Å². The van der Waals surface area contributed by atoms with Crippen LogP contribution in [0.4, 0.5) is 0 Å². The second-order valence-corrected chi connectivity index (χ2v) is 11.0. The first-order valence-corrected chi connectivity index (χ1v) is 12.1. The summed E-state index contributed by atoms with van der Waals surface area (Å²) in [5, 5.41) is 6.55. The van der Waals surface area contributed by atoms with E-state index in [-0.39, 0.29) is 4.75 Å². The quantitative estimate of drug-likeness (QED) is 0.506. The fourth-order valence-electron chi connectivity index (χ4n) is 2.84. The van der Waals surface area contributed by atoms with Crippen molar-refractivity contribution >= 4 is 27.7 Å². The lowest BCUT2D eigenvalue weighted by atomic mass is 10.2. The Hall–Kier alpha value is -1.29. The molecule has 1 aliphatic heterocycles. The molecule has 0 saturated carbocycles. The molecule has 0 radical (unpaired) electrons. The smallest absolute Gasteiger partial charge is 0.243 e. The molecule has 1 aromatic rings. The van der Waals surface area contributed by atoms with Gasteiger partial charge in [-0.15, -0.1) is 0 Å². The van der Waals surface area contributed by atoms with Gasteiger partial charge in [-0.3, -0.25) is 4.99 Å². The van der Waals surface area contributed by atoms with Crippen LogP contribution in [0.25, 0.3) is 0 Å². The van der Waals surface area contributed by atoms with Gasteiger partial charge in [-0.1, -0.05) is 18.2 Å². The second kappa shape index (κ2) is 9.96. The SMILES string of the molecule is CN=C(NCc1ccccc1S(=O)(=O)N1CCN(C)CC1)NCC(C)(C)SC. The molecule has 0 spiro atoms. The molecule has 0 amide bonds. The first kappa shape index (κ1) is 23.0. The summed E-state index contributed by atoms with van der Waals surface area (Å²) in [7, 11) is 0.222. The highest BCUT2D eigenvalue weighted by Gasteiger charge is 2.29. The maximum absolute atomic E-state index is 13.2. The molecule has 0 bridgehead atoms. The summed E-state index contributed by atoms with van der Waals surface area (Å²) in [6.45, 7) is 8.02. The van der Waals surface area contributed by atoms with Crippen molar-refractivity contribution in [3.8, 4) is 0 Å². The largest absolute Gasteiger partial charge is 0.355 e. The van der Waals surface area contributed by atoms with Crippen molar-refractivity contribution in [2.75, 3.05) is 53.1 Å². The Morgan fingerprint density at radius 2 is 1.82 bits per heavy atom. The van der Waals surface area contributed by atoms with Crippen molar-refractivity contribution in [2.45, 2.75) is 30.0 Å². The van der Waals surface area contributed by atoms with Crippen LogP contribution in [0.15, 0.2) is 34.2 Å². The zero-order chi connectivity index (χ0) is 20.8. The minimum atomic E-state index is -3.51. The van der Waals surface area contributed by atoms with E-state index in [9.17, 15) is 8.42 Å². The topological polar surface area (TPSA) is 77.0 Å². The monoisotopic (exact) mass is 427 g/mol. The van der Waals surface area contributed by atoms with Gasteiger partial charge in [0.2, 0.25) is 10.0 Å². The molecule has 28 heavy (non-hydrogen) atoms. The highest BCUT2D eigenvalue weighted by molar-refractivity contribution is 7.99. The van der Waals surface area contributed by atoms with Gasteiger partial charge in [-0.2, -0.15) is 16.1 Å². The number of nitrogens with zero attached hydrogens (tertiary/aromatic N) is 3. The van der Waals surface area contributed by atoms with Crippen LogP contribution in [0, 0.1) is 0 Å². The molecule has 0 atom stereocenters. The number of benzene rings is 1. The maximum Gasteiger partial charge on any atom is 0.243 e. The number of hydrogen-bond donors (Lipinski definition) is 2. The van der Waals surface area contributed by atoms with Crippen LogP contribution < -0.4 is 10.6 Å². The predicted molar refractivity (Wildman–Crippen MR) is 118 cm³/mol. The molecule has 0 aliphatic carbocycles. The van der Waals surface area contributed by atoms with Crippen LogP contribution in [0.3, 0.4) is 0 Å². The van der Waals surface area contributed by atoms with Gasteiger partial charge in [-0.05, 0) is 38.8 Å². The summed E-state index contributed by atoms with van der Waals surface area (Å²) in [5.74, 6) is 0.661. The minimum absolute atomic E-state index is 0.0836. The van der Waals surface area contributed by atoms with E-state index in [1.54, 1.807) is 35.2 Å². The van der Waals surface area contributed by atoms with Crippen molar-refractivity contribution in [1.29, 1.82) is 0 Å². The summed E-state index contributed by atoms with van der Waals surface area (Å²) in [4.78, 5) is 6.76. The van der Waals surface area contributed by atoms with Crippen LogP contribution in [0.5, 0.6) is 0 Å². The molecule has 1 aliphatic rings. The number of piperazine rings is 1. The molecule has 2 N–H and O–H groups in total. The van der Waals surface area contributed by atoms with E-state index in [0.29, 0.717) is 30.5 Å². The summed E-state index contributed by atoms with van der Waals surface area (Å²) in [6.07, 6.45) is 2.08. The second-order valence-electron chi connectivity index (χ2n) is 7.56. The highest BCUT2D eigenvalue weighted by Crippen LogP contribution is 2.22. The Morgan fingerprint density at radius 3 is 2.43 bits per heavy atom. The van der Waals surface area contributed by atoms with E-state index in [4.69, 9.17) is 0 Å². The lowest BCUT2D eigenvalue weighted by molar-refractivity contribution is 0.222. The van der Waals surface area contributed by atoms with Gasteiger partial charge in [0.15, 0.2) is 5.96 Å². The van der Waals surface area contributed by atoms with Crippen LogP contribution >= 0.6 is 11.8 Å². The van der Waals surface area contributed by atoms with Gasteiger partial charge in [0.1, 0.15) is 0 Å². The number of sulfonamides is 1. The molecule has 7 nitrogen and oxygen atoms in total. The Bertz CT molecular complexity index is 772. The van der Waals surface area contributed by atoms with Crippen molar-refractivity contribution in [2.24, 2.45) is 4.99 Å². The molecule has 0 unspecified atom stereocenters. The van der Waals surface area contributed by atoms with Crippen molar-refractivity contribution < 1.29 is 8.42 Å². The summed E-state index contributed by atoms with van der Waals surface area (Å²) in [6, 6.07) is 7.19. The number of nitrogens with one attached hydrogen (secondary N) is 2. The molecule has 1 saturated heterocycles. The number of likely N-dealkylation sites (N-methyl/N-ethyl adjacent to an activating group) is 1. The average Bonchev–Trinajstić information content (AvgIpc) is 2.68. The highest BCUT2D eigenvalue weighted by atomic mass is 32.2. The number of guanidine groups is 1. The van der Waals surface area contributed by atoms with Crippen LogP contribution in [0.1, 0.15) is 19.4 Å². The molecular formula is C19H33N5O2S2. The van der Waals surface area contributed by atoms with Gasteiger partial charge < -0.3 is 15.5 Å². The average molecular weight is 428 g/mol. The third-order valence-corrected chi connectivity index (χ3v) is 8.21. The van der Waals surface area contributed by atoms with Crippen molar-refractivity contribution in [3.63, 3.8) is 0 Å². The third kappa shape index (κ3) is 6.10. The Balaban J connectivity index is 2.09. The summed E-state index contributed by atoms with van der Waals surface area (Å²) in [5.41, 5.74) is 0.744. The van der Waals surface area contributed by atoms with Crippen molar-refractivity contribution in [3.05, 3.63) is 29.8 Å². The number of thioether (sulfide) groups is 1. The van der Waals surface area contributed by atoms with Gasteiger partial charge in [0, 0.05) is 51.1 Å². The molecule has 158 valence electrons. The number of hydrogen-bond acceptors (Lipinski definition) is 5. The zero-order valence-corrected chi connectivity index (χ0v) is 19.2. The maximum atomic E-state index is 13.2. The molecule has 1 aromatic carbocycles. The summed E-state index contributed by atoms with van der Waals surface area (Å²) >= 11 is 1.78. The molecular weight excluding hydrogens is 394 g/mol. The van der Waals surface area contributed by atoms with Crippen LogP contribution in [-0.2, 0) is 16.6 Å². The normalized spacial score (nSPS) is 17.5. The molecule has 0 aromatic heterocycles. The first-order valence-electron chi connectivity index (χ1n) is 9.46. The number of rotatable bonds is 7. The third-order valence-electron chi connectivity index (χ3n) is 4.96. The van der Waals surface area contributed by atoms with E-state index in [2.05, 4.69) is 40.6 Å². The minimum Gasteiger partial charge on any atom is -0.355 e. The van der Waals surface area contributed by atoms with E-state index in [1.807, 2.05) is 19.2 Å². The summed E-state index contributed by atoms with van der Waals surface area (Å²) < 4.78 is 28.0. The predicted octanol–water partition coefficient (Wildman–Crippen LogP) is 1.43. The molecule has 1 fully saturated rings. The van der Waals surface area contributed by atoms with E-state index >= 15 is 0 Å². The first-order chi connectivity index (χ1) is 13.2. The van der Waals surface area contributed by atoms with Gasteiger partial charge in [-0.25, -0.2) is 8.42 Å². The van der Waals surface area contributed by atoms with Gasteiger partial charge in [0.05, 0.1) is 4.90 Å². The van der Waals surface area contributed by atoms with Gasteiger partial charge >= 0.3 is 0 Å². The van der Waals surface area contributed by atoms with E-state index in [1.165, 1.54) is 0 Å². The van der Waals surface area contributed by atoms with Crippen LogP contribution in [-0.4, -0.2) is 81.4 Å². The molecule has 1 heterocycles.